The molecule has 0 heterocycles. The number of benzene rings is 2. The Morgan fingerprint density at radius 1 is 0.957 bits per heavy atom. The van der Waals surface area contributed by atoms with Crippen LogP contribution in [0.15, 0.2) is 48.0 Å². The molecule has 3 rings (SSSR count). The van der Waals surface area contributed by atoms with Gasteiger partial charge in [-0.15, -0.1) is 0 Å². The maximum atomic E-state index is 12.7. The molecule has 0 N–H and O–H groups in total. The summed E-state index contributed by atoms with van der Waals surface area (Å²) >= 11 is 0. The minimum atomic E-state index is -4.29. The maximum absolute atomic E-state index is 12.7. The van der Waals surface area contributed by atoms with Crippen molar-refractivity contribution in [3.8, 4) is 11.1 Å². The molecule has 0 radical (unpaired) electrons. The summed E-state index contributed by atoms with van der Waals surface area (Å²) in [5.74, 6) is 0.369. The van der Waals surface area contributed by atoms with Gasteiger partial charge >= 0.3 is 6.18 Å². The molecule has 0 spiro atoms. The van der Waals surface area contributed by atoms with E-state index < -0.39 is 11.7 Å². The summed E-state index contributed by atoms with van der Waals surface area (Å²) < 4.78 is 38.2. The van der Waals surface area contributed by atoms with Crippen LogP contribution in [0.3, 0.4) is 0 Å². The average molecular weight is 316 g/mol. The van der Waals surface area contributed by atoms with E-state index in [1.165, 1.54) is 28.8 Å². The van der Waals surface area contributed by atoms with Crippen molar-refractivity contribution in [2.75, 3.05) is 0 Å². The molecule has 2 aromatic rings. The highest BCUT2D eigenvalue weighted by atomic mass is 19.4. The molecule has 1 aliphatic rings. The first-order valence-corrected chi connectivity index (χ1v) is 7.96. The van der Waals surface area contributed by atoms with Crippen LogP contribution in [-0.2, 0) is 6.18 Å². The van der Waals surface area contributed by atoms with Gasteiger partial charge in [0.2, 0.25) is 0 Å². The van der Waals surface area contributed by atoms with E-state index in [0.29, 0.717) is 5.92 Å². The van der Waals surface area contributed by atoms with Gasteiger partial charge in [-0.25, -0.2) is 0 Å². The number of hydrogen-bond donors (Lipinski definition) is 0. The monoisotopic (exact) mass is 316 g/mol. The molecule has 0 aliphatic heterocycles. The molecule has 1 unspecified atom stereocenters. The number of hydrogen-bond acceptors (Lipinski definition) is 0. The number of alkyl halides is 3. The highest BCUT2D eigenvalue weighted by Crippen LogP contribution is 2.45. The third kappa shape index (κ3) is 2.80. The van der Waals surface area contributed by atoms with Crippen LogP contribution in [0.5, 0.6) is 0 Å². The van der Waals surface area contributed by atoms with Gasteiger partial charge in [-0.2, -0.15) is 13.2 Å². The van der Waals surface area contributed by atoms with Crippen LogP contribution in [0.4, 0.5) is 13.2 Å². The van der Waals surface area contributed by atoms with E-state index in [2.05, 4.69) is 26.0 Å². The molecule has 0 saturated heterocycles. The van der Waals surface area contributed by atoms with Crippen molar-refractivity contribution in [3.63, 3.8) is 0 Å². The predicted molar refractivity (Wildman–Crippen MR) is 88.2 cm³/mol. The van der Waals surface area contributed by atoms with E-state index >= 15 is 0 Å². The lowest BCUT2D eigenvalue weighted by atomic mass is 9.86. The van der Waals surface area contributed by atoms with Crippen LogP contribution < -0.4 is 0 Å². The average Bonchev–Trinajstić information content (AvgIpc) is 2.91. The zero-order valence-corrected chi connectivity index (χ0v) is 13.2. The summed E-state index contributed by atoms with van der Waals surface area (Å²) in [6.07, 6.45) is -0.0545. The van der Waals surface area contributed by atoms with Gasteiger partial charge in [-0.3, -0.25) is 0 Å². The number of rotatable bonds is 3. The van der Waals surface area contributed by atoms with Gasteiger partial charge in [-0.1, -0.05) is 55.8 Å². The van der Waals surface area contributed by atoms with Gasteiger partial charge in [0.05, 0.1) is 5.56 Å². The second kappa shape index (κ2) is 5.88. The van der Waals surface area contributed by atoms with Gasteiger partial charge in [-0.05, 0) is 47.2 Å². The van der Waals surface area contributed by atoms with Gasteiger partial charge in [0, 0.05) is 5.92 Å². The van der Waals surface area contributed by atoms with E-state index in [1.807, 2.05) is 12.1 Å². The lowest BCUT2D eigenvalue weighted by Crippen LogP contribution is -2.04. The van der Waals surface area contributed by atoms with Gasteiger partial charge < -0.3 is 0 Å². The highest BCUT2D eigenvalue weighted by Gasteiger charge is 2.30. The first-order valence-electron chi connectivity index (χ1n) is 7.96. The molecule has 0 saturated carbocycles. The van der Waals surface area contributed by atoms with Crippen molar-refractivity contribution >= 4 is 6.08 Å². The number of halogens is 3. The van der Waals surface area contributed by atoms with Crippen LogP contribution in [0, 0.1) is 0 Å². The zero-order chi connectivity index (χ0) is 16.6. The molecule has 1 atom stereocenters. The second-order valence-electron chi connectivity index (χ2n) is 5.92. The lowest BCUT2D eigenvalue weighted by molar-refractivity contribution is -0.137. The first kappa shape index (κ1) is 15.9. The molecule has 23 heavy (non-hydrogen) atoms. The van der Waals surface area contributed by atoms with Crippen LogP contribution in [0.2, 0.25) is 0 Å². The molecule has 0 aromatic heterocycles. The highest BCUT2D eigenvalue weighted by molar-refractivity contribution is 5.79. The molecular formula is C20H19F3. The minimum Gasteiger partial charge on any atom is -0.166 e. The third-order valence-corrected chi connectivity index (χ3v) is 4.62. The van der Waals surface area contributed by atoms with Gasteiger partial charge in [0.25, 0.3) is 0 Å². The molecule has 0 bridgehead atoms. The van der Waals surface area contributed by atoms with Crippen LogP contribution in [0.1, 0.15) is 49.3 Å². The Balaban J connectivity index is 2.06. The van der Waals surface area contributed by atoms with Crippen molar-refractivity contribution in [2.45, 2.75) is 38.8 Å². The summed E-state index contributed by atoms with van der Waals surface area (Å²) in [7, 11) is 0. The molecular weight excluding hydrogens is 297 g/mol. The van der Waals surface area contributed by atoms with Crippen LogP contribution in [-0.4, -0.2) is 0 Å². The number of fused-ring (bicyclic) bond motifs is 1. The molecule has 0 fully saturated rings. The Kier molecular flexibility index (Phi) is 4.05. The summed E-state index contributed by atoms with van der Waals surface area (Å²) in [6, 6.07) is 11.6. The fourth-order valence-electron chi connectivity index (χ4n) is 3.49. The molecule has 3 heteroatoms. The third-order valence-electron chi connectivity index (χ3n) is 4.62. The molecule has 0 amide bonds. The fraction of sp³-hybridized carbons (Fsp3) is 0.300. The summed E-state index contributed by atoms with van der Waals surface area (Å²) in [6.45, 7) is 4.31. The zero-order valence-electron chi connectivity index (χ0n) is 13.2. The number of allylic oxidation sites excluding steroid dienone is 1. The largest absolute Gasteiger partial charge is 0.416 e. The standard InChI is InChI=1S/C20H19F3/c1-3-13-12-15-6-5-7-18(19(15)17(13)4-2)14-8-10-16(11-9-14)20(21,22)23/h5-12,17H,3-4H2,1-2H3. The summed E-state index contributed by atoms with van der Waals surface area (Å²) in [5.41, 5.74) is 5.15. The fourth-order valence-corrected chi connectivity index (χ4v) is 3.49. The summed E-state index contributed by atoms with van der Waals surface area (Å²) in [5, 5.41) is 0. The second-order valence-corrected chi connectivity index (χ2v) is 5.92. The lowest BCUT2D eigenvalue weighted by Gasteiger charge is -2.18. The molecule has 1 aliphatic carbocycles. The van der Waals surface area contributed by atoms with Crippen LogP contribution >= 0.6 is 0 Å². The Bertz CT molecular complexity index is 736. The minimum absolute atomic E-state index is 0.369. The Morgan fingerprint density at radius 3 is 2.22 bits per heavy atom. The van der Waals surface area contributed by atoms with Crippen molar-refractivity contribution in [1.82, 2.24) is 0 Å². The van der Waals surface area contributed by atoms with Crippen molar-refractivity contribution in [3.05, 3.63) is 64.7 Å². The van der Waals surface area contributed by atoms with Gasteiger partial charge in [0.1, 0.15) is 0 Å². The first-order chi connectivity index (χ1) is 11.0. The van der Waals surface area contributed by atoms with E-state index in [1.54, 1.807) is 12.1 Å². The van der Waals surface area contributed by atoms with E-state index in [0.717, 1.165) is 24.0 Å². The van der Waals surface area contributed by atoms with Crippen LogP contribution in [0.25, 0.3) is 17.2 Å². The Morgan fingerprint density at radius 2 is 1.65 bits per heavy atom. The van der Waals surface area contributed by atoms with Crippen molar-refractivity contribution in [2.24, 2.45) is 0 Å². The quantitative estimate of drug-likeness (QED) is 0.593. The van der Waals surface area contributed by atoms with Gasteiger partial charge in [0.15, 0.2) is 0 Å². The maximum Gasteiger partial charge on any atom is 0.416 e. The van der Waals surface area contributed by atoms with E-state index in [-0.39, 0.29) is 0 Å². The molecule has 120 valence electrons. The molecule has 0 nitrogen and oxygen atoms in total. The Hall–Kier alpha value is -2.03. The van der Waals surface area contributed by atoms with Crippen molar-refractivity contribution in [1.29, 1.82) is 0 Å². The van der Waals surface area contributed by atoms with E-state index in [4.69, 9.17) is 0 Å². The summed E-state index contributed by atoms with van der Waals surface area (Å²) in [4.78, 5) is 0. The topological polar surface area (TPSA) is 0 Å². The SMILES string of the molecule is CCC1=Cc2cccc(-c3ccc(C(F)(F)F)cc3)c2C1CC. The predicted octanol–water partition coefficient (Wildman–Crippen LogP) is 6.67. The Labute approximate surface area is 134 Å². The molecule has 2 aromatic carbocycles. The smallest absolute Gasteiger partial charge is 0.166 e. The normalized spacial score (nSPS) is 17.1. The van der Waals surface area contributed by atoms with Crippen molar-refractivity contribution < 1.29 is 13.2 Å². The van der Waals surface area contributed by atoms with E-state index in [9.17, 15) is 13.2 Å².